The molecule has 1 saturated heterocycles. The monoisotopic (exact) mass is 308 g/mol. The van der Waals surface area contributed by atoms with Crippen LogP contribution < -0.4 is 0 Å². The lowest BCUT2D eigenvalue weighted by Gasteiger charge is -2.34. The van der Waals surface area contributed by atoms with Gasteiger partial charge in [-0.2, -0.15) is 0 Å². The molecule has 1 N–H and O–H groups in total. The first kappa shape index (κ1) is 16.5. The summed E-state index contributed by atoms with van der Waals surface area (Å²) in [6.45, 7) is 8.12. The lowest BCUT2D eigenvalue weighted by atomic mass is 9.83. The van der Waals surface area contributed by atoms with E-state index in [0.717, 1.165) is 37.3 Å². The summed E-state index contributed by atoms with van der Waals surface area (Å²) in [5.74, 6) is 0.721. The summed E-state index contributed by atoms with van der Waals surface area (Å²) < 4.78 is 1.79. The molecule has 1 aliphatic heterocycles. The summed E-state index contributed by atoms with van der Waals surface area (Å²) in [6.07, 6.45) is 1.96. The molecule has 3 nitrogen and oxygen atoms in total. The zero-order chi connectivity index (χ0) is 15.4. The van der Waals surface area contributed by atoms with Gasteiger partial charge in [0.2, 0.25) is 0 Å². The number of aliphatic hydroxyl groups excluding tert-OH is 1. The summed E-state index contributed by atoms with van der Waals surface area (Å²) in [5, 5.41) is 9.54. The van der Waals surface area contributed by atoms with Crippen LogP contribution in [-0.2, 0) is 0 Å². The molecule has 0 bridgehead atoms. The number of benzene rings is 1. The van der Waals surface area contributed by atoms with Crippen molar-refractivity contribution < 1.29 is 5.11 Å². The smallest absolute Gasteiger partial charge is 0.0660 e. The molecule has 1 fully saturated rings. The van der Waals surface area contributed by atoms with Crippen LogP contribution in [0, 0.1) is 25.7 Å². The first-order chi connectivity index (χ1) is 9.99. The molecule has 1 aromatic rings. The Morgan fingerprint density at radius 3 is 2.86 bits per heavy atom. The Kier molecular flexibility index (Phi) is 5.80. The van der Waals surface area contributed by atoms with Gasteiger partial charge < -0.3 is 5.11 Å². The minimum Gasteiger partial charge on any atom is -0.396 e. The second-order valence-electron chi connectivity index (χ2n) is 6.20. The van der Waals surface area contributed by atoms with Crippen LogP contribution in [0.2, 0.25) is 0 Å². The predicted molar refractivity (Wildman–Crippen MR) is 89.4 cm³/mol. The van der Waals surface area contributed by atoms with Gasteiger partial charge in [-0.05, 0) is 74.4 Å². The molecule has 0 amide bonds. The van der Waals surface area contributed by atoms with Crippen molar-refractivity contribution in [1.82, 2.24) is 4.42 Å². The van der Waals surface area contributed by atoms with E-state index in [9.17, 15) is 5.11 Å². The molecule has 0 aliphatic carbocycles. The molecule has 0 radical (unpaired) electrons. The van der Waals surface area contributed by atoms with Gasteiger partial charge in [0.25, 0.3) is 0 Å². The lowest BCUT2D eigenvalue weighted by Crippen LogP contribution is -2.38. The van der Waals surface area contributed by atoms with E-state index in [1.165, 1.54) is 11.1 Å². The summed E-state index contributed by atoms with van der Waals surface area (Å²) in [7, 11) is 0. The van der Waals surface area contributed by atoms with Gasteiger partial charge in [-0.3, -0.25) is 4.99 Å². The maximum atomic E-state index is 9.54. The van der Waals surface area contributed by atoms with Crippen molar-refractivity contribution in [3.8, 4) is 0 Å². The lowest BCUT2D eigenvalue weighted by molar-refractivity contribution is 0.116. The van der Waals surface area contributed by atoms with Crippen molar-refractivity contribution in [2.45, 2.75) is 33.6 Å². The average Bonchev–Trinajstić information content (AvgIpc) is 2.44. The maximum absolute atomic E-state index is 9.54. The quantitative estimate of drug-likeness (QED) is 0.677. The van der Waals surface area contributed by atoms with Crippen molar-refractivity contribution >= 4 is 23.2 Å². The first-order valence-electron chi connectivity index (χ1n) is 7.62. The Balaban J connectivity index is 2.07. The van der Waals surface area contributed by atoms with E-state index in [4.69, 9.17) is 16.8 Å². The average molecular weight is 309 g/mol. The third-order valence-corrected chi connectivity index (χ3v) is 4.62. The number of aryl methyl sites for hydroxylation is 2. The highest BCUT2D eigenvalue weighted by Gasteiger charge is 2.28. The highest BCUT2D eigenvalue weighted by molar-refractivity contribution is 6.13. The fraction of sp³-hybridized carbons (Fsp3) is 0.588. The molecule has 21 heavy (non-hydrogen) atoms. The molecule has 2 rings (SSSR count). The van der Waals surface area contributed by atoms with Crippen LogP contribution in [0.5, 0.6) is 0 Å². The minimum absolute atomic E-state index is 0.199. The molecule has 116 valence electrons. The Labute approximate surface area is 132 Å². The topological polar surface area (TPSA) is 35.8 Å². The molecule has 0 saturated carbocycles. The number of aliphatic imine (C=N–C) groups is 1. The number of hydrogen-bond donors (Lipinski definition) is 1. The number of aliphatic hydroxyl groups is 1. The van der Waals surface area contributed by atoms with Crippen LogP contribution in [-0.4, -0.2) is 34.9 Å². The molecule has 1 unspecified atom stereocenters. The Morgan fingerprint density at radius 2 is 2.14 bits per heavy atom. The number of rotatable bonds is 4. The van der Waals surface area contributed by atoms with E-state index in [1.807, 2.05) is 0 Å². The van der Waals surface area contributed by atoms with E-state index >= 15 is 0 Å². The normalized spacial score (nSPS) is 24.3. The van der Waals surface area contributed by atoms with Crippen LogP contribution in [0.1, 0.15) is 30.9 Å². The Morgan fingerprint density at radius 1 is 1.38 bits per heavy atom. The van der Waals surface area contributed by atoms with E-state index in [-0.39, 0.29) is 12.5 Å². The largest absolute Gasteiger partial charge is 0.396 e. The summed E-state index contributed by atoms with van der Waals surface area (Å²) >= 11 is 6.05. The minimum atomic E-state index is 0.199. The fourth-order valence-electron chi connectivity index (χ4n) is 2.98. The second-order valence-corrected chi connectivity index (χ2v) is 6.68. The third-order valence-electron chi connectivity index (χ3n) is 4.31. The van der Waals surface area contributed by atoms with Gasteiger partial charge in [0.15, 0.2) is 0 Å². The van der Waals surface area contributed by atoms with Crippen LogP contribution >= 0.6 is 11.8 Å². The van der Waals surface area contributed by atoms with Gasteiger partial charge in [0, 0.05) is 25.4 Å². The van der Waals surface area contributed by atoms with Crippen molar-refractivity contribution in [3.63, 3.8) is 0 Å². The molecule has 1 aliphatic rings. The molecular formula is C17H25ClN2O. The molecule has 0 aromatic heterocycles. The molecule has 1 heterocycles. The summed E-state index contributed by atoms with van der Waals surface area (Å²) in [4.78, 5) is 4.79. The zero-order valence-corrected chi connectivity index (χ0v) is 13.9. The number of nitrogens with zero attached hydrogens (tertiary/aromatic N) is 2. The predicted octanol–water partition coefficient (Wildman–Crippen LogP) is 3.87. The van der Waals surface area contributed by atoms with Gasteiger partial charge in [0.05, 0.1) is 5.69 Å². The van der Waals surface area contributed by atoms with Gasteiger partial charge >= 0.3 is 0 Å². The second kappa shape index (κ2) is 7.39. The SMILES string of the molecule is C/C(CC1CCN(Cl)C[C@H]1CO)=N/c1cc(C)ccc1C. The van der Waals surface area contributed by atoms with Gasteiger partial charge in [0.1, 0.15) is 0 Å². The summed E-state index contributed by atoms with van der Waals surface area (Å²) in [5.41, 5.74) is 4.63. The van der Waals surface area contributed by atoms with Crippen LogP contribution in [0.3, 0.4) is 0 Å². The highest BCUT2D eigenvalue weighted by Crippen LogP contribution is 2.29. The molecule has 2 atom stereocenters. The van der Waals surface area contributed by atoms with E-state index < -0.39 is 0 Å². The van der Waals surface area contributed by atoms with E-state index in [1.54, 1.807) is 4.42 Å². The first-order valence-corrected chi connectivity index (χ1v) is 7.96. The third kappa shape index (κ3) is 4.53. The maximum Gasteiger partial charge on any atom is 0.0660 e. The fourth-order valence-corrected chi connectivity index (χ4v) is 3.26. The Hall–Kier alpha value is -0.900. The molecule has 4 heteroatoms. The van der Waals surface area contributed by atoms with Crippen LogP contribution in [0.25, 0.3) is 0 Å². The van der Waals surface area contributed by atoms with Gasteiger partial charge in [-0.15, -0.1) is 0 Å². The van der Waals surface area contributed by atoms with Crippen LogP contribution in [0.4, 0.5) is 5.69 Å². The van der Waals surface area contributed by atoms with Crippen molar-refractivity contribution in [2.24, 2.45) is 16.8 Å². The molecule has 1 aromatic carbocycles. The van der Waals surface area contributed by atoms with Crippen molar-refractivity contribution in [3.05, 3.63) is 29.3 Å². The van der Waals surface area contributed by atoms with Crippen LogP contribution in [0.15, 0.2) is 23.2 Å². The van der Waals surface area contributed by atoms with Crippen molar-refractivity contribution in [1.29, 1.82) is 0 Å². The van der Waals surface area contributed by atoms with E-state index in [2.05, 4.69) is 39.0 Å². The van der Waals surface area contributed by atoms with Gasteiger partial charge in [-0.25, -0.2) is 4.42 Å². The highest BCUT2D eigenvalue weighted by atomic mass is 35.5. The molecule has 0 spiro atoms. The Bertz CT molecular complexity index is 516. The van der Waals surface area contributed by atoms with E-state index in [0.29, 0.717) is 5.92 Å². The van der Waals surface area contributed by atoms with Crippen molar-refractivity contribution in [2.75, 3.05) is 19.7 Å². The number of piperidine rings is 1. The summed E-state index contributed by atoms with van der Waals surface area (Å²) in [6, 6.07) is 6.36. The number of hydrogen-bond acceptors (Lipinski definition) is 3. The number of halogens is 1. The molecular weight excluding hydrogens is 284 g/mol. The standard InChI is InChI=1S/C17H25ClN2O/c1-12-4-5-13(2)17(8-12)19-14(3)9-15-6-7-20(18)10-16(15)11-21/h4-5,8,15-16,21H,6-7,9-11H2,1-3H3/b19-14-/t15?,16-/m0/s1. The van der Waals surface area contributed by atoms with Gasteiger partial charge in [-0.1, -0.05) is 12.1 Å². The zero-order valence-electron chi connectivity index (χ0n) is 13.1.